The van der Waals surface area contributed by atoms with Crippen LogP contribution in [0.1, 0.15) is 49.4 Å². The molecule has 11 heteroatoms. The van der Waals surface area contributed by atoms with Gasteiger partial charge < -0.3 is 9.84 Å². The van der Waals surface area contributed by atoms with Gasteiger partial charge in [-0.1, -0.05) is 29.5 Å². The second kappa shape index (κ2) is 10.1. The van der Waals surface area contributed by atoms with Crippen molar-refractivity contribution < 1.29 is 23.1 Å². The van der Waals surface area contributed by atoms with Crippen LogP contribution in [-0.2, 0) is 21.2 Å². The molecule has 0 spiro atoms. The van der Waals surface area contributed by atoms with E-state index in [9.17, 15) is 18.5 Å². The number of rotatable bonds is 8. The average Bonchev–Trinajstić information content (AvgIpc) is 3.28. The van der Waals surface area contributed by atoms with Crippen LogP contribution in [0.2, 0.25) is 0 Å². The van der Waals surface area contributed by atoms with Gasteiger partial charge >= 0.3 is 5.97 Å². The monoisotopic (exact) mass is 512 g/mol. The van der Waals surface area contributed by atoms with Gasteiger partial charge in [0.2, 0.25) is 10.0 Å². The summed E-state index contributed by atoms with van der Waals surface area (Å²) < 4.78 is 32.7. The number of carboxylic acids is 1. The minimum absolute atomic E-state index is 0.0530. The van der Waals surface area contributed by atoms with E-state index in [2.05, 4.69) is 21.0 Å². The zero-order chi connectivity index (χ0) is 25.2. The first kappa shape index (κ1) is 24.8. The fourth-order valence-electron chi connectivity index (χ4n) is 4.15. The Morgan fingerprint density at radius 2 is 2.06 bits per heavy atom. The van der Waals surface area contributed by atoms with Crippen molar-refractivity contribution in [1.82, 2.24) is 14.9 Å². The van der Waals surface area contributed by atoms with Gasteiger partial charge in [0.1, 0.15) is 21.8 Å². The molecule has 4 rings (SSSR count). The molecule has 9 nitrogen and oxygen atoms in total. The van der Waals surface area contributed by atoms with Crippen molar-refractivity contribution in [2.45, 2.75) is 45.3 Å². The number of nitrogens with zero attached hydrogens (tertiary/aromatic N) is 3. The Hall–Kier alpha value is -3.33. The quantitative estimate of drug-likeness (QED) is 0.462. The number of carboxylic acid groups (broad SMARTS) is 1. The molecule has 0 bridgehead atoms. The highest BCUT2D eigenvalue weighted by Gasteiger charge is 2.28. The summed E-state index contributed by atoms with van der Waals surface area (Å²) in [6.45, 7) is 3.79. The number of carbonyl (C=O) groups is 1. The van der Waals surface area contributed by atoms with Crippen LogP contribution in [0.3, 0.4) is 0 Å². The van der Waals surface area contributed by atoms with Crippen LogP contribution in [-0.4, -0.2) is 41.5 Å². The maximum Gasteiger partial charge on any atom is 0.320 e. The third-order valence-electron chi connectivity index (χ3n) is 5.51. The lowest BCUT2D eigenvalue weighted by Crippen LogP contribution is -2.35. The van der Waals surface area contributed by atoms with Gasteiger partial charge in [0.15, 0.2) is 5.75 Å². The number of aromatic nitrogens is 2. The Balaban J connectivity index is 1.65. The van der Waals surface area contributed by atoms with E-state index >= 15 is 0 Å². The van der Waals surface area contributed by atoms with Crippen LogP contribution >= 0.6 is 11.3 Å². The highest BCUT2D eigenvalue weighted by atomic mass is 32.2. The zero-order valence-electron chi connectivity index (χ0n) is 19.2. The second-order valence-corrected chi connectivity index (χ2v) is 11.2. The third-order valence-corrected chi connectivity index (χ3v) is 7.78. The number of hydrogen-bond donors (Lipinski definition) is 2. The topological polar surface area (TPSA) is 142 Å². The molecular formula is C24H24N4O5S2. The van der Waals surface area contributed by atoms with Gasteiger partial charge in [-0.25, -0.2) is 13.1 Å². The number of nitriles is 1. The molecule has 1 aliphatic carbocycles. The highest BCUT2D eigenvalue weighted by molar-refractivity contribution is 7.90. The maximum absolute atomic E-state index is 12.2. The standard InChI is InChI=1S/C24H24N4O5S2/c1-14(2)33-21-10-9-15(11-16(21)12-25)23-26-27-24(34-23)19-7-3-6-18-17(19)5-4-8-20(18)28-35(31,32)13-22(29)30/h3,6-7,9-11,14,20,28H,4-5,8,13H2,1-2H3,(H,29,30)/t20-/m1/s1. The van der Waals surface area contributed by atoms with Crippen LogP contribution in [0.4, 0.5) is 0 Å². The van der Waals surface area contributed by atoms with Crippen LogP contribution < -0.4 is 9.46 Å². The van der Waals surface area contributed by atoms with Gasteiger partial charge in [-0.15, -0.1) is 10.2 Å². The second-order valence-electron chi connectivity index (χ2n) is 8.49. The van der Waals surface area contributed by atoms with Gasteiger partial charge in [-0.3, -0.25) is 4.79 Å². The average molecular weight is 513 g/mol. The van der Waals surface area contributed by atoms with Crippen LogP contribution in [0, 0.1) is 11.3 Å². The maximum atomic E-state index is 12.2. The van der Waals surface area contributed by atoms with Crippen molar-refractivity contribution in [2.75, 3.05) is 5.75 Å². The van der Waals surface area contributed by atoms with E-state index in [1.54, 1.807) is 12.1 Å². The number of sulfonamides is 1. The summed E-state index contributed by atoms with van der Waals surface area (Å²) in [7, 11) is -3.96. The Morgan fingerprint density at radius 1 is 1.29 bits per heavy atom. The fourth-order valence-corrected chi connectivity index (χ4v) is 6.13. The lowest BCUT2D eigenvalue weighted by Gasteiger charge is -2.27. The summed E-state index contributed by atoms with van der Waals surface area (Å²) in [5, 5.41) is 28.5. The van der Waals surface area contributed by atoms with Crippen molar-refractivity contribution in [3.63, 3.8) is 0 Å². The van der Waals surface area contributed by atoms with E-state index in [-0.39, 0.29) is 6.10 Å². The van der Waals surface area contributed by atoms with Crippen LogP contribution in [0.15, 0.2) is 36.4 Å². The van der Waals surface area contributed by atoms with E-state index in [0.717, 1.165) is 35.1 Å². The van der Waals surface area contributed by atoms with E-state index in [1.807, 2.05) is 38.1 Å². The van der Waals surface area contributed by atoms with Crippen molar-refractivity contribution in [3.8, 4) is 33.0 Å². The summed E-state index contributed by atoms with van der Waals surface area (Å²) >= 11 is 1.38. The molecule has 0 aliphatic heterocycles. The summed E-state index contributed by atoms with van der Waals surface area (Å²) in [6.07, 6.45) is 2.02. The number of fused-ring (bicyclic) bond motifs is 1. The first-order chi connectivity index (χ1) is 16.7. The highest BCUT2D eigenvalue weighted by Crippen LogP contribution is 2.39. The van der Waals surface area contributed by atoms with Gasteiger partial charge in [0.25, 0.3) is 0 Å². The predicted molar refractivity (Wildman–Crippen MR) is 131 cm³/mol. The molecule has 0 saturated carbocycles. The third kappa shape index (κ3) is 5.67. The summed E-state index contributed by atoms with van der Waals surface area (Å²) in [4.78, 5) is 10.9. The van der Waals surface area contributed by atoms with Crippen molar-refractivity contribution in [1.29, 1.82) is 5.26 Å². The normalized spacial score (nSPS) is 15.4. The molecule has 182 valence electrons. The van der Waals surface area contributed by atoms with E-state index in [0.29, 0.717) is 27.7 Å². The van der Waals surface area contributed by atoms with Crippen molar-refractivity contribution in [3.05, 3.63) is 53.1 Å². The van der Waals surface area contributed by atoms with Gasteiger partial charge in [0, 0.05) is 17.2 Å². The molecule has 1 aliphatic rings. The molecular weight excluding hydrogens is 488 g/mol. The number of aliphatic carboxylic acids is 1. The Labute approximate surface area is 207 Å². The molecule has 0 fully saturated rings. The molecule has 0 saturated heterocycles. The Kier molecular flexibility index (Phi) is 7.16. The summed E-state index contributed by atoms with van der Waals surface area (Å²) in [6, 6.07) is 12.6. The SMILES string of the molecule is CC(C)Oc1ccc(-c2nnc(-c3cccc4c3CCC[C@H]4NS(=O)(=O)CC(=O)O)s2)cc1C#N. The molecule has 2 aromatic carbocycles. The smallest absolute Gasteiger partial charge is 0.320 e. The van der Waals surface area contributed by atoms with Gasteiger partial charge in [0.05, 0.1) is 11.7 Å². The molecule has 35 heavy (non-hydrogen) atoms. The largest absolute Gasteiger partial charge is 0.490 e. The first-order valence-electron chi connectivity index (χ1n) is 11.1. The molecule has 2 N–H and O–H groups in total. The molecule has 3 aromatic rings. The number of hydrogen-bond acceptors (Lipinski definition) is 8. The number of benzene rings is 2. The molecule has 0 amide bonds. The van der Waals surface area contributed by atoms with E-state index < -0.39 is 27.8 Å². The minimum Gasteiger partial charge on any atom is -0.490 e. The lowest BCUT2D eigenvalue weighted by atomic mass is 9.85. The van der Waals surface area contributed by atoms with Crippen molar-refractivity contribution in [2.24, 2.45) is 0 Å². The fraction of sp³-hybridized carbons (Fsp3) is 0.333. The lowest BCUT2D eigenvalue weighted by molar-refractivity contribution is -0.134. The number of ether oxygens (including phenoxy) is 1. The zero-order valence-corrected chi connectivity index (χ0v) is 20.8. The molecule has 1 aromatic heterocycles. The van der Waals surface area contributed by atoms with Gasteiger partial charge in [-0.2, -0.15) is 5.26 Å². The molecule has 0 unspecified atom stereocenters. The summed E-state index contributed by atoms with van der Waals surface area (Å²) in [5.41, 5.74) is 3.84. The Morgan fingerprint density at radius 3 is 2.77 bits per heavy atom. The molecule has 0 radical (unpaired) electrons. The van der Waals surface area contributed by atoms with E-state index in [4.69, 9.17) is 9.84 Å². The van der Waals surface area contributed by atoms with Crippen LogP contribution in [0.25, 0.3) is 21.1 Å². The minimum atomic E-state index is -3.96. The predicted octanol–water partition coefficient (Wildman–Crippen LogP) is 3.91. The van der Waals surface area contributed by atoms with Crippen molar-refractivity contribution >= 4 is 27.3 Å². The Bertz CT molecular complexity index is 1410. The first-order valence-corrected chi connectivity index (χ1v) is 13.5. The number of nitrogens with one attached hydrogen (secondary N) is 1. The molecule has 1 heterocycles. The van der Waals surface area contributed by atoms with Crippen LogP contribution in [0.5, 0.6) is 5.75 Å². The molecule has 1 atom stereocenters. The van der Waals surface area contributed by atoms with E-state index in [1.165, 1.54) is 11.3 Å². The van der Waals surface area contributed by atoms with Gasteiger partial charge in [-0.05, 0) is 62.4 Å². The summed E-state index contributed by atoms with van der Waals surface area (Å²) in [5.74, 6) is -1.85.